The molecule has 0 saturated heterocycles. The van der Waals surface area contributed by atoms with Crippen LogP contribution in [0.1, 0.15) is 0 Å². The molecule has 0 aliphatic rings. The molecule has 0 radical (unpaired) electrons. The van der Waals surface area contributed by atoms with E-state index in [2.05, 4.69) is 6.58 Å². The highest BCUT2D eigenvalue weighted by molar-refractivity contribution is 5.96. The molecule has 0 aliphatic carbocycles. The lowest BCUT2D eigenvalue weighted by molar-refractivity contribution is -0.129. The van der Waals surface area contributed by atoms with Crippen LogP contribution < -0.4 is 14.2 Å². The molecule has 0 N–H and O–H groups in total. The minimum Gasteiger partial charge on any atom is -0.496 e. The Morgan fingerprint density at radius 3 is 2.37 bits per heavy atom. The summed E-state index contributed by atoms with van der Waals surface area (Å²) >= 11 is 0. The molecule has 98 valence electrons. The fourth-order valence-corrected chi connectivity index (χ4v) is 1.90. The maximum Gasteiger partial charge on any atom is 0.335 e. The van der Waals surface area contributed by atoms with Crippen LogP contribution in [-0.2, 0) is 4.79 Å². The van der Waals surface area contributed by atoms with Gasteiger partial charge in [0.25, 0.3) is 0 Å². The van der Waals surface area contributed by atoms with Crippen LogP contribution in [0.4, 0.5) is 0 Å². The highest BCUT2D eigenvalue weighted by atomic mass is 16.6. The van der Waals surface area contributed by atoms with Crippen LogP contribution >= 0.6 is 0 Å². The number of esters is 1. The molecular formula is C15H14O4. The number of carbonyl (C=O) groups excluding carboxylic acids is 1. The van der Waals surface area contributed by atoms with Crippen LogP contribution in [0.25, 0.3) is 10.8 Å². The highest BCUT2D eigenvalue weighted by Crippen LogP contribution is 2.41. The molecule has 19 heavy (non-hydrogen) atoms. The third kappa shape index (κ3) is 2.38. The highest BCUT2D eigenvalue weighted by Gasteiger charge is 2.15. The third-order valence-corrected chi connectivity index (χ3v) is 2.72. The smallest absolute Gasteiger partial charge is 0.335 e. The summed E-state index contributed by atoms with van der Waals surface area (Å²) in [5.41, 5.74) is 0. The summed E-state index contributed by atoms with van der Waals surface area (Å²) in [6.45, 7) is 3.37. The van der Waals surface area contributed by atoms with Gasteiger partial charge in [0, 0.05) is 22.9 Å². The molecule has 0 spiro atoms. The number of hydrogen-bond donors (Lipinski definition) is 0. The lowest BCUT2D eigenvalue weighted by Gasteiger charge is -2.14. The predicted octanol–water partition coefficient (Wildman–Crippen LogP) is 2.95. The molecule has 0 saturated carbocycles. The van der Waals surface area contributed by atoms with E-state index in [-0.39, 0.29) is 0 Å². The molecule has 2 aromatic carbocycles. The average molecular weight is 258 g/mol. The van der Waals surface area contributed by atoms with E-state index in [1.54, 1.807) is 13.2 Å². The fourth-order valence-electron chi connectivity index (χ4n) is 1.90. The average Bonchev–Trinajstić information content (AvgIpc) is 2.46. The van der Waals surface area contributed by atoms with Crippen LogP contribution in [0.5, 0.6) is 17.2 Å². The predicted molar refractivity (Wildman–Crippen MR) is 72.9 cm³/mol. The summed E-state index contributed by atoms with van der Waals surface area (Å²) in [6.07, 6.45) is 1.10. The summed E-state index contributed by atoms with van der Waals surface area (Å²) in [5.74, 6) is 0.869. The Balaban J connectivity index is 2.69. The van der Waals surface area contributed by atoms with Gasteiger partial charge in [-0.15, -0.1) is 0 Å². The van der Waals surface area contributed by atoms with Gasteiger partial charge in [-0.1, -0.05) is 30.8 Å². The van der Waals surface area contributed by atoms with Crippen molar-refractivity contribution in [2.24, 2.45) is 0 Å². The number of rotatable bonds is 4. The topological polar surface area (TPSA) is 44.8 Å². The first-order chi connectivity index (χ1) is 9.21. The van der Waals surface area contributed by atoms with Crippen LogP contribution in [0.3, 0.4) is 0 Å². The van der Waals surface area contributed by atoms with Crippen molar-refractivity contribution in [1.29, 1.82) is 0 Å². The summed E-state index contributed by atoms with van der Waals surface area (Å²) in [7, 11) is 3.09. The summed E-state index contributed by atoms with van der Waals surface area (Å²) in [5, 5.41) is 1.71. The van der Waals surface area contributed by atoms with Crippen molar-refractivity contribution < 1.29 is 19.0 Å². The van der Waals surface area contributed by atoms with Crippen LogP contribution in [-0.4, -0.2) is 20.2 Å². The van der Waals surface area contributed by atoms with Crippen LogP contribution in [0.2, 0.25) is 0 Å². The van der Waals surface area contributed by atoms with E-state index in [1.807, 2.05) is 24.3 Å². The summed E-state index contributed by atoms with van der Waals surface area (Å²) in [6, 6.07) is 9.20. The van der Waals surface area contributed by atoms with Crippen molar-refractivity contribution >= 4 is 16.7 Å². The van der Waals surface area contributed by atoms with Gasteiger partial charge in [0.1, 0.15) is 5.75 Å². The Morgan fingerprint density at radius 2 is 1.79 bits per heavy atom. The van der Waals surface area contributed by atoms with E-state index in [9.17, 15) is 4.79 Å². The molecule has 0 fully saturated rings. The Labute approximate surface area is 111 Å². The summed E-state index contributed by atoms with van der Waals surface area (Å²) < 4.78 is 15.8. The molecule has 0 aliphatic heterocycles. The minimum atomic E-state index is -0.546. The lowest BCUT2D eigenvalue weighted by atomic mass is 10.1. The van der Waals surface area contributed by atoms with E-state index in [0.29, 0.717) is 17.2 Å². The molecule has 2 aromatic rings. The van der Waals surface area contributed by atoms with Gasteiger partial charge in [-0.05, 0) is 0 Å². The zero-order valence-electron chi connectivity index (χ0n) is 10.8. The Bertz CT molecular complexity index is 631. The standard InChI is InChI=1S/C15H14O4/c1-4-14(16)19-13-9-12(17-2)10-7-5-6-8-11(10)15(13)18-3/h4-9H,1H2,2-3H3. The SMILES string of the molecule is C=CC(=O)Oc1cc(OC)c2ccccc2c1OC. The third-order valence-electron chi connectivity index (χ3n) is 2.72. The number of methoxy groups -OCH3 is 2. The minimum absolute atomic E-state index is 0.308. The number of carbonyl (C=O) groups is 1. The molecule has 2 rings (SSSR count). The summed E-state index contributed by atoms with van der Waals surface area (Å²) in [4.78, 5) is 11.3. The van der Waals surface area contributed by atoms with Gasteiger partial charge in [0.05, 0.1) is 14.2 Å². The second-order valence-electron chi connectivity index (χ2n) is 3.78. The number of hydrogen-bond acceptors (Lipinski definition) is 4. The van der Waals surface area contributed by atoms with E-state index in [1.165, 1.54) is 7.11 Å². The molecule has 0 bridgehead atoms. The second-order valence-corrected chi connectivity index (χ2v) is 3.78. The maximum atomic E-state index is 11.3. The number of benzene rings is 2. The quantitative estimate of drug-likeness (QED) is 0.480. The van der Waals surface area contributed by atoms with Gasteiger partial charge in [0.2, 0.25) is 0 Å². The fraction of sp³-hybridized carbons (Fsp3) is 0.133. The zero-order chi connectivity index (χ0) is 13.8. The van der Waals surface area contributed by atoms with Gasteiger partial charge >= 0.3 is 5.97 Å². The van der Waals surface area contributed by atoms with E-state index < -0.39 is 5.97 Å². The van der Waals surface area contributed by atoms with Crippen molar-refractivity contribution in [3.63, 3.8) is 0 Å². The molecule has 0 heterocycles. The molecule has 0 aromatic heterocycles. The Kier molecular flexibility index (Phi) is 3.71. The van der Waals surface area contributed by atoms with Crippen molar-refractivity contribution in [1.82, 2.24) is 0 Å². The first-order valence-electron chi connectivity index (χ1n) is 5.69. The van der Waals surface area contributed by atoms with Crippen molar-refractivity contribution in [3.8, 4) is 17.2 Å². The van der Waals surface area contributed by atoms with Crippen molar-refractivity contribution in [2.75, 3.05) is 14.2 Å². The largest absolute Gasteiger partial charge is 0.496 e. The van der Waals surface area contributed by atoms with Gasteiger partial charge in [-0.3, -0.25) is 0 Å². The van der Waals surface area contributed by atoms with Gasteiger partial charge < -0.3 is 14.2 Å². The molecule has 4 nitrogen and oxygen atoms in total. The van der Waals surface area contributed by atoms with E-state index in [0.717, 1.165) is 16.8 Å². The molecular weight excluding hydrogens is 244 g/mol. The lowest BCUT2D eigenvalue weighted by Crippen LogP contribution is -2.05. The van der Waals surface area contributed by atoms with Crippen LogP contribution in [0.15, 0.2) is 43.0 Å². The van der Waals surface area contributed by atoms with Gasteiger partial charge in [-0.2, -0.15) is 0 Å². The first kappa shape index (κ1) is 13.0. The first-order valence-corrected chi connectivity index (χ1v) is 5.69. The van der Waals surface area contributed by atoms with E-state index >= 15 is 0 Å². The molecule has 0 atom stereocenters. The maximum absolute atomic E-state index is 11.3. The van der Waals surface area contributed by atoms with Crippen molar-refractivity contribution in [2.45, 2.75) is 0 Å². The molecule has 0 unspecified atom stereocenters. The van der Waals surface area contributed by atoms with Crippen molar-refractivity contribution in [3.05, 3.63) is 43.0 Å². The van der Waals surface area contributed by atoms with Crippen LogP contribution in [0, 0.1) is 0 Å². The molecule has 4 heteroatoms. The van der Waals surface area contributed by atoms with Gasteiger partial charge in [-0.25, -0.2) is 4.79 Å². The Morgan fingerprint density at radius 1 is 1.11 bits per heavy atom. The number of ether oxygens (including phenoxy) is 3. The van der Waals surface area contributed by atoms with E-state index in [4.69, 9.17) is 14.2 Å². The molecule has 0 amide bonds. The van der Waals surface area contributed by atoms with Gasteiger partial charge in [0.15, 0.2) is 11.5 Å². The zero-order valence-corrected chi connectivity index (χ0v) is 10.8. The Hall–Kier alpha value is -2.49. The normalized spacial score (nSPS) is 10.0. The second kappa shape index (κ2) is 5.44. The number of fused-ring (bicyclic) bond motifs is 1. The monoisotopic (exact) mass is 258 g/mol.